The number of hydrogen-bond acceptors (Lipinski definition) is 4. The van der Waals surface area contributed by atoms with Crippen molar-refractivity contribution >= 4 is 11.8 Å². The van der Waals surface area contributed by atoms with Crippen molar-refractivity contribution in [1.29, 1.82) is 0 Å². The van der Waals surface area contributed by atoms with Gasteiger partial charge in [-0.15, -0.1) is 0 Å². The van der Waals surface area contributed by atoms with Crippen molar-refractivity contribution in [2.75, 3.05) is 19.6 Å². The van der Waals surface area contributed by atoms with E-state index in [1.807, 2.05) is 4.90 Å². The molecule has 0 unspecified atom stereocenters. The Bertz CT molecular complexity index is 659. The van der Waals surface area contributed by atoms with E-state index in [4.69, 9.17) is 0 Å². The van der Waals surface area contributed by atoms with Gasteiger partial charge in [0, 0.05) is 50.7 Å². The highest BCUT2D eigenvalue weighted by atomic mass is 16.2. The lowest BCUT2D eigenvalue weighted by atomic mass is 9.77. The highest BCUT2D eigenvalue weighted by Crippen LogP contribution is 2.42. The Morgan fingerprint density at radius 3 is 2.77 bits per heavy atom. The van der Waals surface area contributed by atoms with Crippen LogP contribution < -0.4 is 0 Å². The molecule has 1 aromatic rings. The van der Waals surface area contributed by atoms with Gasteiger partial charge < -0.3 is 9.80 Å². The van der Waals surface area contributed by atoms with Crippen LogP contribution in [0.4, 0.5) is 0 Å². The number of carbonyl (C=O) groups is 2. The molecular formula is C20H28N4O2. The predicted molar refractivity (Wildman–Crippen MR) is 97.2 cm³/mol. The summed E-state index contributed by atoms with van der Waals surface area (Å²) in [5.41, 5.74) is 0.527. The van der Waals surface area contributed by atoms with Crippen LogP contribution in [0.1, 0.15) is 57.1 Å². The Morgan fingerprint density at radius 1 is 1.15 bits per heavy atom. The van der Waals surface area contributed by atoms with E-state index in [0.29, 0.717) is 37.9 Å². The Balaban J connectivity index is 1.37. The van der Waals surface area contributed by atoms with E-state index in [9.17, 15) is 9.59 Å². The van der Waals surface area contributed by atoms with Crippen LogP contribution in [0, 0.1) is 5.41 Å². The minimum absolute atomic E-state index is 0.137. The molecule has 1 spiro atoms. The quantitative estimate of drug-likeness (QED) is 0.829. The lowest BCUT2D eigenvalue weighted by molar-refractivity contribution is -0.148. The number of piperidine rings is 1. The van der Waals surface area contributed by atoms with Crippen molar-refractivity contribution in [1.82, 2.24) is 19.8 Å². The van der Waals surface area contributed by atoms with Gasteiger partial charge in [-0.25, -0.2) is 0 Å². The maximum atomic E-state index is 13.3. The minimum Gasteiger partial charge on any atom is -0.342 e. The van der Waals surface area contributed by atoms with Gasteiger partial charge >= 0.3 is 0 Å². The van der Waals surface area contributed by atoms with Crippen molar-refractivity contribution in [3.63, 3.8) is 0 Å². The first-order valence-corrected chi connectivity index (χ1v) is 10.0. The van der Waals surface area contributed by atoms with Gasteiger partial charge in [0.1, 0.15) is 0 Å². The third kappa shape index (κ3) is 3.33. The Labute approximate surface area is 155 Å². The average molecular weight is 356 g/mol. The summed E-state index contributed by atoms with van der Waals surface area (Å²) in [7, 11) is 0. The largest absolute Gasteiger partial charge is 0.342 e. The molecule has 1 saturated carbocycles. The van der Waals surface area contributed by atoms with E-state index in [1.54, 1.807) is 18.6 Å². The molecule has 1 atom stereocenters. The molecule has 1 aromatic heterocycles. The summed E-state index contributed by atoms with van der Waals surface area (Å²) in [4.78, 5) is 38.2. The molecule has 0 radical (unpaired) electrons. The summed E-state index contributed by atoms with van der Waals surface area (Å²) >= 11 is 0. The second-order valence-corrected chi connectivity index (χ2v) is 8.08. The normalized spacial score (nSPS) is 26.8. The summed E-state index contributed by atoms with van der Waals surface area (Å²) in [6, 6.07) is 0.445. The van der Waals surface area contributed by atoms with Gasteiger partial charge in [0.25, 0.3) is 0 Å². The van der Waals surface area contributed by atoms with Crippen molar-refractivity contribution in [2.45, 2.75) is 63.8 Å². The lowest BCUT2D eigenvalue weighted by Crippen LogP contribution is -2.53. The van der Waals surface area contributed by atoms with Gasteiger partial charge in [-0.1, -0.05) is 12.8 Å². The summed E-state index contributed by atoms with van der Waals surface area (Å²) in [5, 5.41) is 0. The van der Waals surface area contributed by atoms with Crippen LogP contribution in [-0.4, -0.2) is 57.3 Å². The fourth-order valence-electron chi connectivity index (χ4n) is 4.98. The van der Waals surface area contributed by atoms with Gasteiger partial charge in [-0.3, -0.25) is 19.6 Å². The van der Waals surface area contributed by atoms with Crippen molar-refractivity contribution in [3.05, 3.63) is 24.3 Å². The number of aromatic nitrogens is 2. The number of aryl methyl sites for hydroxylation is 1. The zero-order valence-electron chi connectivity index (χ0n) is 15.4. The number of nitrogens with zero attached hydrogens (tertiary/aromatic N) is 4. The van der Waals surface area contributed by atoms with Crippen molar-refractivity contribution in [3.8, 4) is 0 Å². The van der Waals surface area contributed by atoms with Gasteiger partial charge in [0.2, 0.25) is 11.8 Å². The van der Waals surface area contributed by atoms with Crippen LogP contribution >= 0.6 is 0 Å². The summed E-state index contributed by atoms with van der Waals surface area (Å²) in [6.45, 7) is 2.23. The maximum absolute atomic E-state index is 13.3. The second-order valence-electron chi connectivity index (χ2n) is 8.08. The molecule has 2 aliphatic heterocycles. The molecule has 140 valence electrons. The maximum Gasteiger partial charge on any atom is 0.230 e. The molecule has 1 aliphatic carbocycles. The van der Waals surface area contributed by atoms with Crippen LogP contribution in [0.5, 0.6) is 0 Å². The first-order valence-electron chi connectivity index (χ1n) is 10.0. The SMILES string of the molecule is O=C(CCc1cnccn1)N1CC[C@]2(CCCN(C3CCCC3)C2=O)C1. The molecule has 0 bridgehead atoms. The third-order valence-electron chi connectivity index (χ3n) is 6.45. The predicted octanol–water partition coefficient (Wildman–Crippen LogP) is 2.19. The molecule has 6 nitrogen and oxygen atoms in total. The van der Waals surface area contributed by atoms with Crippen molar-refractivity contribution < 1.29 is 9.59 Å². The number of likely N-dealkylation sites (tertiary alicyclic amines) is 2. The fraction of sp³-hybridized carbons (Fsp3) is 0.700. The van der Waals surface area contributed by atoms with Crippen LogP contribution in [0.15, 0.2) is 18.6 Å². The minimum atomic E-state index is -0.316. The number of amides is 2. The number of carbonyl (C=O) groups excluding carboxylic acids is 2. The van der Waals surface area contributed by atoms with Gasteiger partial charge in [0.15, 0.2) is 0 Å². The summed E-state index contributed by atoms with van der Waals surface area (Å²) < 4.78 is 0. The molecule has 3 aliphatic rings. The Kier molecular flexibility index (Phi) is 4.92. The number of hydrogen-bond donors (Lipinski definition) is 0. The zero-order valence-corrected chi connectivity index (χ0v) is 15.4. The lowest BCUT2D eigenvalue weighted by Gasteiger charge is -2.42. The Morgan fingerprint density at radius 2 is 2.00 bits per heavy atom. The molecule has 4 rings (SSSR count). The second kappa shape index (κ2) is 7.33. The van der Waals surface area contributed by atoms with E-state index in [-0.39, 0.29) is 11.3 Å². The number of rotatable bonds is 4. The van der Waals surface area contributed by atoms with E-state index in [1.165, 1.54) is 12.8 Å². The highest BCUT2D eigenvalue weighted by Gasteiger charge is 2.50. The molecule has 0 aromatic carbocycles. The smallest absolute Gasteiger partial charge is 0.230 e. The molecule has 6 heteroatoms. The first kappa shape index (κ1) is 17.4. The standard InChI is InChI=1S/C20H28N4O2/c25-18(7-6-16-14-21-10-11-22-16)23-13-9-20(15-23)8-3-12-24(19(20)26)17-4-1-2-5-17/h10-11,14,17H,1-9,12-13,15H2/t20-/m1/s1. The van der Waals surface area contributed by atoms with Crippen LogP contribution in [0.25, 0.3) is 0 Å². The molecule has 26 heavy (non-hydrogen) atoms. The van der Waals surface area contributed by atoms with Crippen LogP contribution in [0.2, 0.25) is 0 Å². The highest BCUT2D eigenvalue weighted by molar-refractivity contribution is 5.86. The molecule has 2 amide bonds. The van der Waals surface area contributed by atoms with Gasteiger partial charge in [-0.05, 0) is 38.5 Å². The van der Waals surface area contributed by atoms with Gasteiger partial charge in [0.05, 0.1) is 11.1 Å². The summed E-state index contributed by atoms with van der Waals surface area (Å²) in [5.74, 6) is 0.457. The van der Waals surface area contributed by atoms with E-state index < -0.39 is 0 Å². The average Bonchev–Trinajstić information content (AvgIpc) is 3.34. The van der Waals surface area contributed by atoms with E-state index >= 15 is 0 Å². The Hall–Kier alpha value is -1.98. The molecule has 2 saturated heterocycles. The van der Waals surface area contributed by atoms with Crippen LogP contribution in [-0.2, 0) is 16.0 Å². The molecule has 3 heterocycles. The van der Waals surface area contributed by atoms with Crippen molar-refractivity contribution in [2.24, 2.45) is 5.41 Å². The first-order chi connectivity index (χ1) is 12.7. The molecule has 0 N–H and O–H groups in total. The zero-order chi connectivity index (χ0) is 18.0. The van der Waals surface area contributed by atoms with Gasteiger partial charge in [-0.2, -0.15) is 0 Å². The molecular weight excluding hydrogens is 328 g/mol. The van der Waals surface area contributed by atoms with E-state index in [0.717, 1.165) is 44.3 Å². The third-order valence-corrected chi connectivity index (χ3v) is 6.45. The van der Waals surface area contributed by atoms with Crippen LogP contribution in [0.3, 0.4) is 0 Å². The fourth-order valence-corrected chi connectivity index (χ4v) is 4.98. The summed E-state index contributed by atoms with van der Waals surface area (Å²) in [6.07, 6.45) is 13.7. The topological polar surface area (TPSA) is 66.4 Å². The van der Waals surface area contributed by atoms with E-state index in [2.05, 4.69) is 14.9 Å². The monoisotopic (exact) mass is 356 g/mol. The molecule has 3 fully saturated rings.